The Balaban J connectivity index is 2.08. The molecule has 1 aromatic carbocycles. The SMILES string of the molecule is CC(=O)SC1CC(=O)N(Cc2ccccc2OC(F)(F)F)C1. The van der Waals surface area contributed by atoms with Crippen LogP contribution in [-0.4, -0.2) is 34.1 Å². The Hall–Kier alpha value is -1.70. The van der Waals surface area contributed by atoms with Gasteiger partial charge in [0.05, 0.1) is 0 Å². The summed E-state index contributed by atoms with van der Waals surface area (Å²) in [6, 6.07) is 5.72. The lowest BCUT2D eigenvalue weighted by molar-refractivity contribution is -0.275. The molecule has 0 radical (unpaired) electrons. The number of para-hydroxylation sites is 1. The molecule has 1 heterocycles. The first-order chi connectivity index (χ1) is 10.2. The van der Waals surface area contributed by atoms with Gasteiger partial charge in [-0.1, -0.05) is 30.0 Å². The molecule has 0 spiro atoms. The van der Waals surface area contributed by atoms with E-state index in [1.54, 1.807) is 6.07 Å². The molecule has 1 aliphatic heterocycles. The Morgan fingerprint density at radius 1 is 1.41 bits per heavy atom. The van der Waals surface area contributed by atoms with E-state index in [4.69, 9.17) is 0 Å². The molecule has 1 saturated heterocycles. The zero-order chi connectivity index (χ0) is 16.3. The van der Waals surface area contributed by atoms with Crippen molar-refractivity contribution in [1.82, 2.24) is 4.90 Å². The zero-order valence-electron chi connectivity index (χ0n) is 11.7. The smallest absolute Gasteiger partial charge is 0.405 e. The second-order valence-corrected chi connectivity index (χ2v) is 6.34. The summed E-state index contributed by atoms with van der Waals surface area (Å²) in [5, 5.41) is -0.235. The Labute approximate surface area is 129 Å². The molecule has 1 unspecified atom stereocenters. The van der Waals surface area contributed by atoms with Crippen LogP contribution in [0.4, 0.5) is 13.2 Å². The number of alkyl halides is 3. The maximum atomic E-state index is 12.4. The van der Waals surface area contributed by atoms with Crippen molar-refractivity contribution in [2.24, 2.45) is 0 Å². The van der Waals surface area contributed by atoms with Gasteiger partial charge in [0.2, 0.25) is 5.91 Å². The first-order valence-corrected chi connectivity index (χ1v) is 7.41. The van der Waals surface area contributed by atoms with Gasteiger partial charge >= 0.3 is 6.36 Å². The molecule has 0 aliphatic carbocycles. The summed E-state index contributed by atoms with van der Waals surface area (Å²) in [5.41, 5.74) is 0.279. The van der Waals surface area contributed by atoms with Gasteiger partial charge in [0.15, 0.2) is 5.12 Å². The average molecular weight is 333 g/mol. The van der Waals surface area contributed by atoms with Crippen LogP contribution in [0.25, 0.3) is 0 Å². The Bertz CT molecular complexity index is 577. The van der Waals surface area contributed by atoms with E-state index in [9.17, 15) is 22.8 Å². The standard InChI is InChI=1S/C14H14F3NO3S/c1-9(19)22-11-6-13(20)18(8-11)7-10-4-2-3-5-12(10)21-14(15,16)17/h2-5,11H,6-8H2,1H3. The maximum absolute atomic E-state index is 12.4. The highest BCUT2D eigenvalue weighted by Gasteiger charge is 2.34. The molecule has 1 amide bonds. The van der Waals surface area contributed by atoms with E-state index in [0.29, 0.717) is 6.54 Å². The van der Waals surface area contributed by atoms with Crippen LogP contribution in [0.5, 0.6) is 5.75 Å². The minimum Gasteiger partial charge on any atom is -0.405 e. The molecule has 4 nitrogen and oxygen atoms in total. The fourth-order valence-electron chi connectivity index (χ4n) is 2.27. The molecule has 1 atom stereocenters. The molecular formula is C14H14F3NO3S. The number of hydrogen-bond donors (Lipinski definition) is 0. The molecule has 0 saturated carbocycles. The molecule has 22 heavy (non-hydrogen) atoms. The Morgan fingerprint density at radius 2 is 2.09 bits per heavy atom. The molecule has 0 bridgehead atoms. The summed E-state index contributed by atoms with van der Waals surface area (Å²) < 4.78 is 41.1. The number of carbonyl (C=O) groups excluding carboxylic acids is 2. The average Bonchev–Trinajstić information content (AvgIpc) is 2.69. The van der Waals surface area contributed by atoms with E-state index in [0.717, 1.165) is 11.8 Å². The molecular weight excluding hydrogens is 319 g/mol. The topological polar surface area (TPSA) is 46.6 Å². The number of benzene rings is 1. The van der Waals surface area contributed by atoms with Gasteiger partial charge < -0.3 is 9.64 Å². The highest BCUT2D eigenvalue weighted by molar-refractivity contribution is 8.14. The van der Waals surface area contributed by atoms with Gasteiger partial charge in [-0.05, 0) is 6.07 Å². The summed E-state index contributed by atoms with van der Waals surface area (Å²) >= 11 is 1.08. The first kappa shape index (κ1) is 16.7. The number of carbonyl (C=O) groups is 2. The number of hydrogen-bond acceptors (Lipinski definition) is 4. The monoisotopic (exact) mass is 333 g/mol. The number of likely N-dealkylation sites (tertiary alicyclic amines) is 1. The molecule has 1 aliphatic rings. The lowest BCUT2D eigenvalue weighted by Crippen LogP contribution is -2.26. The predicted octanol–water partition coefficient (Wildman–Crippen LogP) is 2.97. The molecule has 1 fully saturated rings. The largest absolute Gasteiger partial charge is 0.573 e. The van der Waals surface area contributed by atoms with Crippen molar-refractivity contribution in [3.05, 3.63) is 29.8 Å². The van der Waals surface area contributed by atoms with Crippen LogP contribution in [0.3, 0.4) is 0 Å². The summed E-state index contributed by atoms with van der Waals surface area (Å²) in [4.78, 5) is 24.4. The van der Waals surface area contributed by atoms with Crippen LogP contribution in [0.2, 0.25) is 0 Å². The van der Waals surface area contributed by atoms with E-state index >= 15 is 0 Å². The minimum atomic E-state index is -4.78. The van der Waals surface area contributed by atoms with E-state index in [2.05, 4.69) is 4.74 Å². The second-order valence-electron chi connectivity index (χ2n) is 4.87. The lowest BCUT2D eigenvalue weighted by Gasteiger charge is -2.19. The van der Waals surface area contributed by atoms with Crippen molar-refractivity contribution in [3.63, 3.8) is 0 Å². The van der Waals surface area contributed by atoms with Gasteiger partial charge in [-0.15, -0.1) is 13.2 Å². The van der Waals surface area contributed by atoms with Crippen molar-refractivity contribution in [2.75, 3.05) is 6.54 Å². The van der Waals surface area contributed by atoms with Gasteiger partial charge in [-0.2, -0.15) is 0 Å². The normalized spacial score (nSPS) is 18.6. The molecule has 1 aromatic rings. The highest BCUT2D eigenvalue weighted by Crippen LogP contribution is 2.30. The quantitative estimate of drug-likeness (QED) is 0.850. The lowest BCUT2D eigenvalue weighted by atomic mass is 10.2. The first-order valence-electron chi connectivity index (χ1n) is 6.53. The van der Waals surface area contributed by atoms with Gasteiger partial charge in [0, 0.05) is 37.2 Å². The Morgan fingerprint density at radius 3 is 2.73 bits per heavy atom. The van der Waals surface area contributed by atoms with Crippen LogP contribution >= 0.6 is 11.8 Å². The van der Waals surface area contributed by atoms with Crippen molar-refractivity contribution >= 4 is 22.8 Å². The van der Waals surface area contributed by atoms with Crippen LogP contribution in [-0.2, 0) is 16.1 Å². The molecule has 2 rings (SSSR count). The van der Waals surface area contributed by atoms with E-state index in [1.165, 1.54) is 30.0 Å². The number of rotatable bonds is 4. The van der Waals surface area contributed by atoms with E-state index in [1.807, 2.05) is 0 Å². The zero-order valence-corrected chi connectivity index (χ0v) is 12.5. The molecule has 120 valence electrons. The third kappa shape index (κ3) is 4.66. The van der Waals surface area contributed by atoms with E-state index in [-0.39, 0.29) is 40.6 Å². The third-order valence-electron chi connectivity index (χ3n) is 3.07. The van der Waals surface area contributed by atoms with Gasteiger partial charge in [0.1, 0.15) is 5.75 Å². The van der Waals surface area contributed by atoms with Crippen LogP contribution in [0.15, 0.2) is 24.3 Å². The number of thioether (sulfide) groups is 1. The van der Waals surface area contributed by atoms with Crippen molar-refractivity contribution in [1.29, 1.82) is 0 Å². The van der Waals surface area contributed by atoms with Crippen LogP contribution in [0, 0.1) is 0 Å². The number of nitrogens with zero attached hydrogens (tertiary/aromatic N) is 1. The highest BCUT2D eigenvalue weighted by atomic mass is 32.2. The summed E-state index contributed by atoms with van der Waals surface area (Å²) in [6.07, 6.45) is -4.56. The summed E-state index contributed by atoms with van der Waals surface area (Å²) in [6.45, 7) is 1.79. The summed E-state index contributed by atoms with van der Waals surface area (Å²) in [5.74, 6) is -0.494. The minimum absolute atomic E-state index is 0.0278. The van der Waals surface area contributed by atoms with Gasteiger partial charge in [-0.3, -0.25) is 9.59 Å². The number of halogens is 3. The maximum Gasteiger partial charge on any atom is 0.573 e. The predicted molar refractivity (Wildman–Crippen MR) is 75.2 cm³/mol. The number of amides is 1. The summed E-state index contributed by atoms with van der Waals surface area (Å²) in [7, 11) is 0. The van der Waals surface area contributed by atoms with E-state index < -0.39 is 6.36 Å². The molecule has 0 N–H and O–H groups in total. The van der Waals surface area contributed by atoms with Crippen molar-refractivity contribution in [2.45, 2.75) is 31.5 Å². The molecule has 0 aromatic heterocycles. The number of ether oxygens (including phenoxy) is 1. The van der Waals surface area contributed by atoms with Gasteiger partial charge in [0.25, 0.3) is 0 Å². The second kappa shape index (κ2) is 6.60. The fourth-order valence-corrected chi connectivity index (χ4v) is 3.22. The van der Waals surface area contributed by atoms with Crippen LogP contribution < -0.4 is 4.74 Å². The van der Waals surface area contributed by atoms with Crippen molar-refractivity contribution in [3.8, 4) is 5.75 Å². The van der Waals surface area contributed by atoms with Gasteiger partial charge in [-0.25, -0.2) is 0 Å². The third-order valence-corrected chi connectivity index (χ3v) is 4.05. The molecule has 8 heteroatoms. The fraction of sp³-hybridized carbons (Fsp3) is 0.429. The van der Waals surface area contributed by atoms with Crippen molar-refractivity contribution < 1.29 is 27.5 Å². The van der Waals surface area contributed by atoms with Crippen LogP contribution in [0.1, 0.15) is 18.9 Å². The Kier molecular flexibility index (Phi) is 5.00.